The van der Waals surface area contributed by atoms with Crippen molar-refractivity contribution in [3.63, 3.8) is 0 Å². The minimum absolute atomic E-state index is 0.216. The van der Waals surface area contributed by atoms with Gasteiger partial charge in [-0.2, -0.15) is 5.09 Å². The van der Waals surface area contributed by atoms with Gasteiger partial charge in [0.25, 0.3) is 0 Å². The van der Waals surface area contributed by atoms with E-state index in [-0.39, 0.29) is 23.5 Å². The lowest BCUT2D eigenvalue weighted by Gasteiger charge is -2.25. The summed E-state index contributed by atoms with van der Waals surface area (Å²) in [6.45, 7) is 4.36. The minimum Gasteiger partial charge on any atom is -0.462 e. The molecule has 210 valence electrons. The quantitative estimate of drug-likeness (QED) is 0.167. The average molecular weight is 563 g/mol. The van der Waals surface area contributed by atoms with E-state index in [0.717, 1.165) is 0 Å². The zero-order valence-electron chi connectivity index (χ0n) is 21.5. The molecule has 14 nitrogen and oxygen atoms in total. The van der Waals surface area contributed by atoms with Gasteiger partial charge < -0.3 is 35.3 Å². The van der Waals surface area contributed by atoms with Gasteiger partial charge >= 0.3 is 13.7 Å². The zero-order valence-corrected chi connectivity index (χ0v) is 22.4. The number of nitrogens with zero attached hydrogens (tertiary/aromatic N) is 3. The Hall–Kier alpha value is -3.39. The van der Waals surface area contributed by atoms with Crippen molar-refractivity contribution >= 4 is 36.3 Å². The number of aliphatic hydroxyl groups excluding tert-OH is 2. The summed E-state index contributed by atoms with van der Waals surface area (Å²) in [5.41, 5.74) is 6.29. The Bertz CT molecular complexity index is 1330. The number of rotatable bonds is 11. The molecule has 1 fully saturated rings. The van der Waals surface area contributed by atoms with Gasteiger partial charge in [0.05, 0.1) is 12.7 Å². The van der Waals surface area contributed by atoms with E-state index in [4.69, 9.17) is 24.3 Å². The number of benzene rings is 1. The molecule has 1 unspecified atom stereocenters. The highest BCUT2D eigenvalue weighted by Crippen LogP contribution is 2.45. The number of anilines is 2. The largest absolute Gasteiger partial charge is 0.462 e. The van der Waals surface area contributed by atoms with Gasteiger partial charge in [-0.1, -0.05) is 18.2 Å². The number of nitrogen functional groups attached to an aromatic ring is 1. The second kappa shape index (κ2) is 12.2. The maximum absolute atomic E-state index is 13.7. The van der Waals surface area contributed by atoms with Crippen molar-refractivity contribution < 1.29 is 38.1 Å². The number of hydrogen-bond acceptors (Lipinski definition) is 13. The van der Waals surface area contributed by atoms with Crippen molar-refractivity contribution in [3.05, 3.63) is 48.9 Å². The number of para-hydroxylation sites is 1. The molecule has 3 aromatic rings. The third kappa shape index (κ3) is 6.98. The van der Waals surface area contributed by atoms with E-state index in [0.29, 0.717) is 10.9 Å². The highest BCUT2D eigenvalue weighted by atomic mass is 31.2. The maximum atomic E-state index is 13.7. The van der Waals surface area contributed by atoms with Crippen LogP contribution in [0.1, 0.15) is 20.8 Å². The molecule has 0 spiro atoms. The van der Waals surface area contributed by atoms with Crippen molar-refractivity contribution in [1.29, 1.82) is 0 Å². The zero-order chi connectivity index (χ0) is 28.2. The number of nitrogens with one attached hydrogen (secondary N) is 2. The molecule has 39 heavy (non-hydrogen) atoms. The van der Waals surface area contributed by atoms with E-state index in [1.165, 1.54) is 19.4 Å². The first kappa shape index (κ1) is 28.6. The van der Waals surface area contributed by atoms with Crippen molar-refractivity contribution in [2.24, 2.45) is 0 Å². The molecule has 1 aliphatic heterocycles. The standard InChI is InChI=1S/C24H31N6O8P/c1-13(2)36-24(33)14(3)30-39(34,38-15-7-5-4-6-8-15)35-11-17-19(31)20(32)23(37-17)29-22-18-16(9-10-26-22)21(25)28-12-27-18/h4-10,12-14,17,19-20,23,31-32H,11H2,1-3H3,(H,26,29)(H,30,34)(H2,25,27,28)/t14-,17-,19-,20-,23-,39?/m1/s1. The summed E-state index contributed by atoms with van der Waals surface area (Å²) < 4.78 is 35.8. The molecule has 1 aliphatic rings. The van der Waals surface area contributed by atoms with E-state index in [1.807, 2.05) is 0 Å². The van der Waals surface area contributed by atoms with Gasteiger partial charge in [0.2, 0.25) is 0 Å². The second-order valence-electron chi connectivity index (χ2n) is 9.07. The Morgan fingerprint density at radius 3 is 2.59 bits per heavy atom. The van der Waals surface area contributed by atoms with Crippen LogP contribution in [0.5, 0.6) is 5.75 Å². The maximum Gasteiger partial charge on any atom is 0.459 e. The molecule has 4 rings (SSSR count). The van der Waals surface area contributed by atoms with E-state index in [2.05, 4.69) is 25.4 Å². The van der Waals surface area contributed by atoms with Crippen LogP contribution in [0.2, 0.25) is 0 Å². The third-order valence-electron chi connectivity index (χ3n) is 5.66. The predicted octanol–water partition coefficient (Wildman–Crippen LogP) is 1.60. The van der Waals surface area contributed by atoms with Gasteiger partial charge in [-0.25, -0.2) is 19.5 Å². The molecule has 6 atom stereocenters. The van der Waals surface area contributed by atoms with Gasteiger partial charge in [0.1, 0.15) is 47.8 Å². The van der Waals surface area contributed by atoms with Crippen LogP contribution < -0.4 is 20.7 Å². The first-order chi connectivity index (χ1) is 18.6. The summed E-state index contributed by atoms with van der Waals surface area (Å²) in [7, 11) is -4.20. The molecule has 0 saturated carbocycles. The van der Waals surface area contributed by atoms with Crippen molar-refractivity contribution in [2.75, 3.05) is 17.7 Å². The Kier molecular flexibility index (Phi) is 8.95. The Morgan fingerprint density at radius 2 is 1.87 bits per heavy atom. The summed E-state index contributed by atoms with van der Waals surface area (Å²) in [4.78, 5) is 24.7. The van der Waals surface area contributed by atoms with Crippen LogP contribution in [0.15, 0.2) is 48.9 Å². The number of aromatic nitrogens is 3. The van der Waals surface area contributed by atoms with E-state index in [1.54, 1.807) is 50.2 Å². The number of fused-ring (bicyclic) bond motifs is 1. The smallest absolute Gasteiger partial charge is 0.459 e. The van der Waals surface area contributed by atoms with Crippen LogP contribution in [0, 0.1) is 0 Å². The first-order valence-corrected chi connectivity index (χ1v) is 13.7. The molecule has 15 heteroatoms. The molecule has 0 amide bonds. The van der Waals surface area contributed by atoms with Crippen molar-refractivity contribution in [1.82, 2.24) is 20.0 Å². The van der Waals surface area contributed by atoms with E-state index in [9.17, 15) is 19.6 Å². The number of aliphatic hydroxyl groups is 2. The molecular formula is C24H31N6O8P. The van der Waals surface area contributed by atoms with Gasteiger partial charge in [-0.3, -0.25) is 9.32 Å². The fourth-order valence-electron chi connectivity index (χ4n) is 3.76. The van der Waals surface area contributed by atoms with Crippen LogP contribution in [0.3, 0.4) is 0 Å². The molecule has 1 saturated heterocycles. The lowest BCUT2D eigenvalue weighted by molar-refractivity contribution is -0.149. The number of nitrogens with two attached hydrogens (primary N) is 1. The topological polar surface area (TPSA) is 200 Å². The van der Waals surface area contributed by atoms with Crippen LogP contribution in [0.4, 0.5) is 11.6 Å². The second-order valence-corrected chi connectivity index (χ2v) is 10.8. The summed E-state index contributed by atoms with van der Waals surface area (Å²) in [5, 5.41) is 27.3. The van der Waals surface area contributed by atoms with Gasteiger partial charge in [-0.05, 0) is 39.0 Å². The van der Waals surface area contributed by atoms with E-state index < -0.39 is 50.9 Å². The fraction of sp³-hybridized carbons (Fsp3) is 0.417. The van der Waals surface area contributed by atoms with E-state index >= 15 is 0 Å². The summed E-state index contributed by atoms with van der Waals surface area (Å²) >= 11 is 0. The lowest BCUT2D eigenvalue weighted by Crippen LogP contribution is -2.38. The minimum atomic E-state index is -4.20. The molecule has 2 aromatic heterocycles. The van der Waals surface area contributed by atoms with Crippen LogP contribution in [0.25, 0.3) is 10.9 Å². The Labute approximate surface area is 224 Å². The lowest BCUT2D eigenvalue weighted by atomic mass is 10.1. The van der Waals surface area contributed by atoms with Crippen LogP contribution >= 0.6 is 7.75 Å². The number of ether oxygens (including phenoxy) is 2. The highest BCUT2D eigenvalue weighted by Gasteiger charge is 2.45. The molecular weight excluding hydrogens is 531 g/mol. The average Bonchev–Trinajstić information content (AvgIpc) is 3.16. The highest BCUT2D eigenvalue weighted by molar-refractivity contribution is 7.52. The molecule has 1 aromatic carbocycles. The summed E-state index contributed by atoms with van der Waals surface area (Å²) in [5.74, 6) is 0.0531. The van der Waals surface area contributed by atoms with Gasteiger partial charge in [-0.15, -0.1) is 0 Å². The number of carbonyl (C=O) groups is 1. The molecule has 0 radical (unpaired) electrons. The van der Waals surface area contributed by atoms with Crippen LogP contribution in [-0.4, -0.2) is 74.4 Å². The first-order valence-electron chi connectivity index (χ1n) is 12.2. The Balaban J connectivity index is 1.47. The van der Waals surface area contributed by atoms with Gasteiger partial charge in [0, 0.05) is 11.6 Å². The van der Waals surface area contributed by atoms with Crippen molar-refractivity contribution in [2.45, 2.75) is 57.5 Å². The molecule has 6 N–H and O–H groups in total. The molecule has 3 heterocycles. The third-order valence-corrected chi connectivity index (χ3v) is 7.30. The number of pyridine rings is 1. The number of carbonyl (C=O) groups excluding carboxylic acids is 1. The SMILES string of the molecule is CC(C)OC(=O)[C@@H](C)NP(=O)(OC[C@H]1O[C@@H](Nc2nccc3c(N)ncnc23)[C@H](O)[C@@H]1O)Oc1ccccc1. The molecule has 0 bridgehead atoms. The number of esters is 1. The Morgan fingerprint density at radius 1 is 1.13 bits per heavy atom. The van der Waals surface area contributed by atoms with Crippen LogP contribution in [-0.2, 0) is 23.4 Å². The normalized spacial score (nSPS) is 23.3. The summed E-state index contributed by atoms with van der Waals surface area (Å²) in [6, 6.07) is 8.81. The molecule has 0 aliphatic carbocycles. The number of hydrogen-bond donors (Lipinski definition) is 5. The predicted molar refractivity (Wildman–Crippen MR) is 140 cm³/mol. The monoisotopic (exact) mass is 562 g/mol. The van der Waals surface area contributed by atoms with Gasteiger partial charge in [0.15, 0.2) is 12.0 Å². The fourth-order valence-corrected chi connectivity index (χ4v) is 5.26. The summed E-state index contributed by atoms with van der Waals surface area (Å²) in [6.07, 6.45) is -2.70. The van der Waals surface area contributed by atoms with Crippen molar-refractivity contribution in [3.8, 4) is 5.75 Å².